The Kier molecular flexibility index (Phi) is 4.73. The third-order valence-electron chi connectivity index (χ3n) is 2.83. The molecule has 3 heteroatoms. The van der Waals surface area contributed by atoms with Crippen molar-refractivity contribution in [2.24, 2.45) is 0 Å². The number of carbonyl (C=O) groups excluding carboxylic acids is 2. The van der Waals surface area contributed by atoms with Crippen molar-refractivity contribution in [1.82, 2.24) is 6.15 Å². The second-order valence-electron chi connectivity index (χ2n) is 4.39. The maximum Gasteiger partial charge on any atom is 0.233 e. The quantitative estimate of drug-likeness (QED) is 0.673. The Bertz CT molecular complexity index is 528. The van der Waals surface area contributed by atoms with E-state index in [1.807, 2.05) is 38.1 Å². The van der Waals surface area contributed by atoms with Crippen molar-refractivity contribution in [2.45, 2.75) is 13.8 Å². The molecule has 3 nitrogen and oxygen atoms in total. The number of ketones is 2. The second kappa shape index (κ2) is 6.07. The first kappa shape index (κ1) is 14.8. The number of benzene rings is 2. The lowest BCUT2D eigenvalue weighted by Crippen LogP contribution is -2.14. The average Bonchev–Trinajstić information content (AvgIpc) is 2.39. The first-order valence-corrected chi connectivity index (χ1v) is 5.80. The summed E-state index contributed by atoms with van der Waals surface area (Å²) >= 11 is 0. The molecule has 98 valence electrons. The van der Waals surface area contributed by atoms with Crippen LogP contribution < -0.4 is 6.15 Å². The number of Topliss-reactive ketones (excluding diaryl/α,β-unsaturated/α-hetero) is 2. The molecule has 0 saturated carbocycles. The molecular formula is C16H17NO2. The van der Waals surface area contributed by atoms with Crippen molar-refractivity contribution < 1.29 is 9.59 Å². The summed E-state index contributed by atoms with van der Waals surface area (Å²) in [7, 11) is 0. The molecule has 0 amide bonds. The molecule has 0 radical (unpaired) electrons. The molecule has 0 aliphatic rings. The summed E-state index contributed by atoms with van der Waals surface area (Å²) in [6.07, 6.45) is 0. The zero-order valence-electron chi connectivity index (χ0n) is 11.1. The fraction of sp³-hybridized carbons (Fsp3) is 0.125. The maximum absolute atomic E-state index is 12.0. The predicted molar refractivity (Wildman–Crippen MR) is 76.0 cm³/mol. The largest absolute Gasteiger partial charge is 0.344 e. The van der Waals surface area contributed by atoms with Gasteiger partial charge in [0.25, 0.3) is 0 Å². The van der Waals surface area contributed by atoms with Gasteiger partial charge >= 0.3 is 0 Å². The van der Waals surface area contributed by atoms with Crippen LogP contribution in [0.25, 0.3) is 0 Å². The van der Waals surface area contributed by atoms with Gasteiger partial charge in [0, 0.05) is 11.1 Å². The van der Waals surface area contributed by atoms with Crippen LogP contribution in [0.2, 0.25) is 0 Å². The zero-order chi connectivity index (χ0) is 13.1. The number of hydrogen-bond donors (Lipinski definition) is 1. The summed E-state index contributed by atoms with van der Waals surface area (Å²) in [5.41, 5.74) is 3.00. The Labute approximate surface area is 112 Å². The van der Waals surface area contributed by atoms with Crippen molar-refractivity contribution in [1.29, 1.82) is 0 Å². The van der Waals surface area contributed by atoms with Gasteiger partial charge in [0.05, 0.1) is 0 Å². The molecule has 0 saturated heterocycles. The average molecular weight is 255 g/mol. The van der Waals surface area contributed by atoms with E-state index in [2.05, 4.69) is 0 Å². The summed E-state index contributed by atoms with van der Waals surface area (Å²) < 4.78 is 0. The summed E-state index contributed by atoms with van der Waals surface area (Å²) in [5.74, 6) is -0.919. The van der Waals surface area contributed by atoms with Gasteiger partial charge < -0.3 is 6.15 Å². The minimum atomic E-state index is -0.459. The van der Waals surface area contributed by atoms with Crippen LogP contribution in [0.15, 0.2) is 48.5 Å². The van der Waals surface area contributed by atoms with E-state index in [1.165, 1.54) is 0 Å². The van der Waals surface area contributed by atoms with Crippen molar-refractivity contribution in [3.63, 3.8) is 0 Å². The van der Waals surface area contributed by atoms with E-state index in [4.69, 9.17) is 0 Å². The topological polar surface area (TPSA) is 69.1 Å². The lowest BCUT2D eigenvalue weighted by Gasteiger charge is -2.02. The monoisotopic (exact) mass is 255 g/mol. The van der Waals surface area contributed by atoms with Gasteiger partial charge in [-0.05, 0) is 13.8 Å². The lowest BCUT2D eigenvalue weighted by molar-refractivity contribution is 0.0817. The fourth-order valence-electron chi connectivity index (χ4n) is 1.67. The van der Waals surface area contributed by atoms with Crippen LogP contribution in [0.4, 0.5) is 0 Å². The van der Waals surface area contributed by atoms with Gasteiger partial charge in [0.1, 0.15) is 0 Å². The summed E-state index contributed by atoms with van der Waals surface area (Å²) in [4.78, 5) is 24.0. The van der Waals surface area contributed by atoms with E-state index in [0.717, 1.165) is 11.1 Å². The van der Waals surface area contributed by atoms with Crippen LogP contribution in [0.1, 0.15) is 31.8 Å². The molecule has 0 bridgehead atoms. The predicted octanol–water partition coefficient (Wildman–Crippen LogP) is 3.53. The molecule has 3 N–H and O–H groups in total. The summed E-state index contributed by atoms with van der Waals surface area (Å²) in [6.45, 7) is 3.88. The first-order valence-electron chi connectivity index (χ1n) is 5.80. The Balaban J connectivity index is 0.00000180. The van der Waals surface area contributed by atoms with Crippen molar-refractivity contribution in [3.05, 3.63) is 70.8 Å². The van der Waals surface area contributed by atoms with Gasteiger partial charge in [-0.15, -0.1) is 0 Å². The van der Waals surface area contributed by atoms with Crippen LogP contribution in [-0.2, 0) is 0 Å². The van der Waals surface area contributed by atoms with Crippen LogP contribution in [0, 0.1) is 13.8 Å². The Morgan fingerprint density at radius 2 is 0.895 bits per heavy atom. The van der Waals surface area contributed by atoms with Crippen molar-refractivity contribution in [3.8, 4) is 0 Å². The van der Waals surface area contributed by atoms with E-state index < -0.39 is 11.6 Å². The van der Waals surface area contributed by atoms with E-state index >= 15 is 0 Å². The third kappa shape index (κ3) is 3.36. The third-order valence-corrected chi connectivity index (χ3v) is 2.83. The van der Waals surface area contributed by atoms with Crippen LogP contribution >= 0.6 is 0 Å². The van der Waals surface area contributed by atoms with E-state index in [1.54, 1.807) is 24.3 Å². The van der Waals surface area contributed by atoms with Crippen molar-refractivity contribution in [2.75, 3.05) is 0 Å². The molecule has 0 heterocycles. The second-order valence-corrected chi connectivity index (χ2v) is 4.39. The number of hydrogen-bond acceptors (Lipinski definition) is 3. The van der Waals surface area contributed by atoms with Crippen LogP contribution in [0.3, 0.4) is 0 Å². The molecule has 0 aliphatic heterocycles. The molecule has 19 heavy (non-hydrogen) atoms. The Morgan fingerprint density at radius 3 is 1.16 bits per heavy atom. The van der Waals surface area contributed by atoms with E-state index in [0.29, 0.717) is 11.1 Å². The Hall–Kier alpha value is -2.26. The van der Waals surface area contributed by atoms with E-state index in [9.17, 15) is 9.59 Å². The molecule has 0 atom stereocenters. The SMILES string of the molecule is Cc1ccc(C(=O)C(=O)c2ccc(C)cc2)cc1.N. The lowest BCUT2D eigenvalue weighted by atomic mass is 10.00. The smallest absolute Gasteiger partial charge is 0.233 e. The van der Waals surface area contributed by atoms with Crippen LogP contribution in [-0.4, -0.2) is 11.6 Å². The highest BCUT2D eigenvalue weighted by atomic mass is 16.2. The molecule has 0 spiro atoms. The van der Waals surface area contributed by atoms with Crippen molar-refractivity contribution >= 4 is 11.6 Å². The summed E-state index contributed by atoms with van der Waals surface area (Å²) in [6, 6.07) is 14.1. The van der Waals surface area contributed by atoms with E-state index in [-0.39, 0.29) is 6.15 Å². The highest BCUT2D eigenvalue weighted by Gasteiger charge is 2.17. The number of rotatable bonds is 3. The van der Waals surface area contributed by atoms with Crippen LogP contribution in [0.5, 0.6) is 0 Å². The van der Waals surface area contributed by atoms with Gasteiger partial charge in [-0.3, -0.25) is 9.59 Å². The molecule has 0 unspecified atom stereocenters. The van der Waals surface area contributed by atoms with Gasteiger partial charge in [0.15, 0.2) is 0 Å². The van der Waals surface area contributed by atoms with Gasteiger partial charge in [-0.2, -0.15) is 0 Å². The fourth-order valence-corrected chi connectivity index (χ4v) is 1.67. The Morgan fingerprint density at radius 1 is 0.632 bits per heavy atom. The molecule has 0 fully saturated rings. The first-order chi connectivity index (χ1) is 8.58. The normalized spacial score (nSPS) is 9.58. The highest BCUT2D eigenvalue weighted by Crippen LogP contribution is 2.10. The van der Waals surface area contributed by atoms with Gasteiger partial charge in [-0.25, -0.2) is 0 Å². The maximum atomic E-state index is 12.0. The zero-order valence-corrected chi connectivity index (χ0v) is 11.1. The minimum Gasteiger partial charge on any atom is -0.344 e. The molecule has 2 aromatic carbocycles. The number of aryl methyl sites for hydroxylation is 2. The summed E-state index contributed by atoms with van der Waals surface area (Å²) in [5, 5.41) is 0. The molecule has 2 rings (SSSR count). The molecule has 2 aromatic rings. The molecule has 0 aliphatic carbocycles. The standard InChI is InChI=1S/C16H14O2.H3N/c1-11-3-7-13(8-4-11)15(17)16(18)14-9-5-12(2)6-10-14;/h3-10H,1-2H3;1H3. The molecular weight excluding hydrogens is 238 g/mol. The number of carbonyl (C=O) groups is 2. The van der Waals surface area contributed by atoms with Gasteiger partial charge in [0.2, 0.25) is 11.6 Å². The minimum absolute atomic E-state index is 0. The molecule has 0 aromatic heterocycles. The highest BCUT2D eigenvalue weighted by molar-refractivity contribution is 6.49. The van der Waals surface area contributed by atoms with Gasteiger partial charge in [-0.1, -0.05) is 59.7 Å².